The molecular formula is C14H28N2O5. The Balaban J connectivity index is 3.40. The lowest BCUT2D eigenvalue weighted by molar-refractivity contribution is -0.142. The molecule has 2 N–H and O–H groups in total. The van der Waals surface area contributed by atoms with Crippen LogP contribution >= 0.6 is 0 Å². The van der Waals surface area contributed by atoms with Gasteiger partial charge in [0.25, 0.3) is 0 Å². The monoisotopic (exact) mass is 304 g/mol. The first kappa shape index (κ1) is 19.8. The topological polar surface area (TPSA) is 85.9 Å². The average molecular weight is 304 g/mol. The van der Waals surface area contributed by atoms with Crippen LogP contribution < -0.4 is 10.9 Å². The van der Waals surface area contributed by atoms with E-state index in [1.54, 1.807) is 0 Å². The first-order valence-corrected chi connectivity index (χ1v) is 7.18. The summed E-state index contributed by atoms with van der Waals surface area (Å²) in [6, 6.07) is 0. The van der Waals surface area contributed by atoms with Gasteiger partial charge in [-0.1, -0.05) is 0 Å². The number of esters is 2. The second-order valence-electron chi connectivity index (χ2n) is 5.38. The fourth-order valence-electron chi connectivity index (χ4n) is 1.43. The van der Waals surface area contributed by atoms with Crippen molar-refractivity contribution in [2.75, 3.05) is 26.6 Å². The van der Waals surface area contributed by atoms with Crippen LogP contribution in [0.2, 0.25) is 0 Å². The van der Waals surface area contributed by atoms with Crippen molar-refractivity contribution in [3.05, 3.63) is 0 Å². The Kier molecular flexibility index (Phi) is 10.8. The number of ether oxygens (including phenoxy) is 3. The summed E-state index contributed by atoms with van der Waals surface area (Å²) in [6.07, 6.45) is 2.33. The van der Waals surface area contributed by atoms with Crippen molar-refractivity contribution in [1.82, 2.24) is 10.9 Å². The van der Waals surface area contributed by atoms with Crippen LogP contribution in [0.5, 0.6) is 0 Å². The Bertz CT molecular complexity index is 308. The zero-order valence-electron chi connectivity index (χ0n) is 13.5. The quantitative estimate of drug-likeness (QED) is 0.242. The van der Waals surface area contributed by atoms with E-state index in [4.69, 9.17) is 14.2 Å². The minimum absolute atomic E-state index is 0.200. The van der Waals surface area contributed by atoms with E-state index in [1.165, 1.54) is 13.8 Å². The summed E-state index contributed by atoms with van der Waals surface area (Å²) < 4.78 is 15.1. The van der Waals surface area contributed by atoms with Crippen molar-refractivity contribution < 1.29 is 23.8 Å². The van der Waals surface area contributed by atoms with Gasteiger partial charge in [0.15, 0.2) is 0 Å². The maximum absolute atomic E-state index is 10.7. The van der Waals surface area contributed by atoms with Crippen molar-refractivity contribution in [3.8, 4) is 0 Å². The maximum atomic E-state index is 10.7. The summed E-state index contributed by atoms with van der Waals surface area (Å²) in [5.41, 5.74) is 5.89. The number of hydrogen-bond donors (Lipinski definition) is 2. The Morgan fingerprint density at radius 2 is 1.52 bits per heavy atom. The van der Waals surface area contributed by atoms with E-state index in [-0.39, 0.29) is 17.5 Å². The summed E-state index contributed by atoms with van der Waals surface area (Å²) >= 11 is 0. The van der Waals surface area contributed by atoms with Gasteiger partial charge in [0, 0.05) is 32.4 Å². The zero-order chi connectivity index (χ0) is 16.1. The number of rotatable bonds is 12. The minimum atomic E-state index is -0.268. The van der Waals surface area contributed by atoms with Gasteiger partial charge in [0.2, 0.25) is 0 Å². The third kappa shape index (κ3) is 15.0. The van der Waals surface area contributed by atoms with Crippen LogP contribution in [0.4, 0.5) is 0 Å². The molecule has 0 aliphatic rings. The highest BCUT2D eigenvalue weighted by molar-refractivity contribution is 5.66. The van der Waals surface area contributed by atoms with Crippen molar-refractivity contribution >= 4 is 11.9 Å². The molecule has 0 rings (SSSR count). The Morgan fingerprint density at radius 1 is 0.952 bits per heavy atom. The first-order chi connectivity index (χ1) is 9.83. The molecule has 0 aromatic carbocycles. The minimum Gasteiger partial charge on any atom is -0.466 e. The van der Waals surface area contributed by atoms with Gasteiger partial charge in [-0.15, -0.1) is 0 Å². The molecule has 0 aliphatic carbocycles. The van der Waals surface area contributed by atoms with E-state index in [0.717, 1.165) is 12.8 Å². The Morgan fingerprint density at radius 3 is 2.14 bits per heavy atom. The molecular weight excluding hydrogens is 276 g/mol. The second-order valence-corrected chi connectivity index (χ2v) is 5.38. The van der Waals surface area contributed by atoms with Crippen LogP contribution in [-0.2, 0) is 23.8 Å². The molecule has 0 aliphatic heterocycles. The van der Waals surface area contributed by atoms with Gasteiger partial charge < -0.3 is 14.2 Å². The van der Waals surface area contributed by atoms with E-state index >= 15 is 0 Å². The van der Waals surface area contributed by atoms with Crippen LogP contribution in [0.1, 0.15) is 47.0 Å². The molecule has 0 heterocycles. The van der Waals surface area contributed by atoms with Crippen LogP contribution in [0.25, 0.3) is 0 Å². The lowest BCUT2D eigenvalue weighted by Crippen LogP contribution is -2.49. The number of unbranched alkanes of at least 4 members (excludes halogenated alkanes) is 1. The molecule has 0 atom stereocenters. The summed E-state index contributed by atoms with van der Waals surface area (Å²) in [5.74, 6) is -0.520. The normalized spacial score (nSPS) is 11.2. The molecule has 0 aromatic rings. The van der Waals surface area contributed by atoms with Crippen molar-refractivity contribution in [1.29, 1.82) is 0 Å². The molecule has 0 saturated heterocycles. The summed E-state index contributed by atoms with van der Waals surface area (Å²) in [7, 11) is 0. The fraction of sp³-hybridized carbons (Fsp3) is 0.857. The van der Waals surface area contributed by atoms with Gasteiger partial charge in [0.05, 0.1) is 13.2 Å². The summed E-state index contributed by atoms with van der Waals surface area (Å²) in [4.78, 5) is 21.2. The average Bonchev–Trinajstić information content (AvgIpc) is 2.35. The van der Waals surface area contributed by atoms with E-state index in [0.29, 0.717) is 33.0 Å². The second kappa shape index (κ2) is 11.5. The molecule has 0 unspecified atom stereocenters. The number of hydrogen-bond acceptors (Lipinski definition) is 7. The first-order valence-electron chi connectivity index (χ1n) is 7.18. The van der Waals surface area contributed by atoms with Gasteiger partial charge >= 0.3 is 11.9 Å². The SMILES string of the molecule is CC(=O)OCCCCOCNNC(C)(C)CCOC(C)=O. The third-order valence-corrected chi connectivity index (χ3v) is 2.62. The highest BCUT2D eigenvalue weighted by Crippen LogP contribution is 2.06. The highest BCUT2D eigenvalue weighted by Gasteiger charge is 2.16. The maximum Gasteiger partial charge on any atom is 0.302 e. The lowest BCUT2D eigenvalue weighted by Gasteiger charge is -2.26. The largest absolute Gasteiger partial charge is 0.466 e. The Labute approximate surface area is 126 Å². The number of nitrogens with one attached hydrogen (secondary N) is 2. The molecule has 7 heteroatoms. The summed E-state index contributed by atoms with van der Waals surface area (Å²) in [6.45, 7) is 8.60. The standard InChI is InChI=1S/C14H28N2O5/c1-12(17)20-9-6-5-8-19-11-15-16-14(3,4)7-10-21-13(2)18/h15-16H,5-11H2,1-4H3. The molecule has 0 saturated carbocycles. The van der Waals surface area contributed by atoms with Gasteiger partial charge in [-0.2, -0.15) is 0 Å². The van der Waals surface area contributed by atoms with Gasteiger partial charge in [-0.25, -0.2) is 5.43 Å². The predicted molar refractivity (Wildman–Crippen MR) is 78.3 cm³/mol. The van der Waals surface area contributed by atoms with E-state index < -0.39 is 0 Å². The smallest absolute Gasteiger partial charge is 0.302 e. The number of carbonyl (C=O) groups excluding carboxylic acids is 2. The van der Waals surface area contributed by atoms with Crippen molar-refractivity contribution in [3.63, 3.8) is 0 Å². The summed E-state index contributed by atoms with van der Waals surface area (Å²) in [5, 5.41) is 0. The fourth-order valence-corrected chi connectivity index (χ4v) is 1.43. The molecule has 0 aromatic heterocycles. The van der Waals surface area contributed by atoms with Gasteiger partial charge in [-0.3, -0.25) is 15.0 Å². The molecule has 0 fully saturated rings. The van der Waals surface area contributed by atoms with E-state index in [1.807, 2.05) is 13.8 Å². The predicted octanol–water partition coefficient (Wildman–Crippen LogP) is 1.13. The van der Waals surface area contributed by atoms with Crippen molar-refractivity contribution in [2.45, 2.75) is 52.5 Å². The number of hydrazine groups is 1. The number of carbonyl (C=O) groups is 2. The van der Waals surface area contributed by atoms with E-state index in [2.05, 4.69) is 10.9 Å². The van der Waals surface area contributed by atoms with Gasteiger partial charge in [-0.05, 0) is 26.7 Å². The molecule has 7 nitrogen and oxygen atoms in total. The van der Waals surface area contributed by atoms with Crippen LogP contribution in [0.3, 0.4) is 0 Å². The molecule has 0 spiro atoms. The van der Waals surface area contributed by atoms with Crippen LogP contribution in [0.15, 0.2) is 0 Å². The van der Waals surface area contributed by atoms with Gasteiger partial charge in [0.1, 0.15) is 6.73 Å². The molecule has 0 radical (unpaired) electrons. The highest BCUT2D eigenvalue weighted by atomic mass is 16.5. The molecule has 0 amide bonds. The third-order valence-electron chi connectivity index (χ3n) is 2.62. The lowest BCUT2D eigenvalue weighted by atomic mass is 10.0. The van der Waals surface area contributed by atoms with Crippen LogP contribution in [-0.4, -0.2) is 44.0 Å². The van der Waals surface area contributed by atoms with E-state index in [9.17, 15) is 9.59 Å². The molecule has 124 valence electrons. The Hall–Kier alpha value is -1.18. The molecule has 21 heavy (non-hydrogen) atoms. The van der Waals surface area contributed by atoms with Crippen molar-refractivity contribution in [2.24, 2.45) is 0 Å². The van der Waals surface area contributed by atoms with Crippen LogP contribution in [0, 0.1) is 0 Å². The zero-order valence-corrected chi connectivity index (χ0v) is 13.5. The molecule has 0 bridgehead atoms.